The van der Waals surface area contributed by atoms with Gasteiger partial charge < -0.3 is 0 Å². The molecule has 1 atom stereocenters. The normalized spacial score (nSPS) is 21.3. The van der Waals surface area contributed by atoms with Crippen LogP contribution >= 0.6 is 0 Å². The summed E-state index contributed by atoms with van der Waals surface area (Å²) in [5.41, 5.74) is 3.93. The molecule has 1 N–H and O–H groups in total. The van der Waals surface area contributed by atoms with Crippen molar-refractivity contribution in [2.45, 2.75) is 19.8 Å². The van der Waals surface area contributed by atoms with Gasteiger partial charge >= 0.3 is 0 Å². The highest BCUT2D eigenvalue weighted by atomic mass is 16.2. The Morgan fingerprint density at radius 2 is 1.95 bits per heavy atom. The number of likely N-dealkylation sites (tertiary alicyclic amines) is 1. The Morgan fingerprint density at radius 3 is 2.58 bits per heavy atom. The first-order valence-electron chi connectivity index (χ1n) is 6.35. The quantitative estimate of drug-likeness (QED) is 0.663. The van der Waals surface area contributed by atoms with Gasteiger partial charge in [0.15, 0.2) is 0 Å². The molecule has 0 aromatic heterocycles. The molecular formula is C14H17N3O2. The molecule has 1 aromatic rings. The van der Waals surface area contributed by atoms with Crippen LogP contribution in [0, 0.1) is 5.92 Å². The van der Waals surface area contributed by atoms with Crippen LogP contribution in [0.15, 0.2) is 35.4 Å². The summed E-state index contributed by atoms with van der Waals surface area (Å²) in [6.07, 6.45) is 1.48. The summed E-state index contributed by atoms with van der Waals surface area (Å²) in [5, 5.41) is 4.13. The maximum atomic E-state index is 12.0. The molecule has 0 bridgehead atoms. The Morgan fingerprint density at radius 1 is 1.26 bits per heavy atom. The van der Waals surface area contributed by atoms with Crippen LogP contribution < -0.4 is 5.43 Å². The smallest absolute Gasteiger partial charge is 0.277 e. The fraction of sp³-hybridized carbons (Fsp3) is 0.357. The first-order valence-corrected chi connectivity index (χ1v) is 6.35. The maximum Gasteiger partial charge on any atom is 0.277 e. The molecule has 5 heteroatoms. The van der Waals surface area contributed by atoms with Crippen molar-refractivity contribution in [1.82, 2.24) is 4.90 Å². The fourth-order valence-corrected chi connectivity index (χ4v) is 2.08. The molecule has 2 rings (SSSR count). The molecule has 19 heavy (non-hydrogen) atoms. The highest BCUT2D eigenvalue weighted by molar-refractivity contribution is 6.50. The molecule has 1 fully saturated rings. The second-order valence-electron chi connectivity index (χ2n) is 4.52. The molecule has 0 spiro atoms. The first-order chi connectivity index (χ1) is 9.15. The van der Waals surface area contributed by atoms with E-state index in [0.717, 1.165) is 17.0 Å². The number of carbonyl (C=O) groups excluding carboxylic acids is 2. The molecule has 1 aliphatic heterocycles. The van der Waals surface area contributed by atoms with Crippen molar-refractivity contribution >= 4 is 23.2 Å². The van der Waals surface area contributed by atoms with Gasteiger partial charge in [0.25, 0.3) is 5.91 Å². The number of hydrazone groups is 1. The number of nitrogens with zero attached hydrogens (tertiary/aromatic N) is 2. The molecule has 1 heterocycles. The highest BCUT2D eigenvalue weighted by Gasteiger charge is 2.42. The zero-order valence-electron chi connectivity index (χ0n) is 11.1. The van der Waals surface area contributed by atoms with Crippen molar-refractivity contribution in [3.8, 4) is 0 Å². The maximum absolute atomic E-state index is 12.0. The van der Waals surface area contributed by atoms with E-state index in [-0.39, 0.29) is 11.8 Å². The van der Waals surface area contributed by atoms with Gasteiger partial charge in [-0.05, 0) is 18.6 Å². The average molecular weight is 259 g/mol. The number of anilines is 1. The van der Waals surface area contributed by atoms with Gasteiger partial charge in [0.2, 0.25) is 5.91 Å². The number of hydrogen-bond donors (Lipinski definition) is 1. The minimum Gasteiger partial charge on any atom is -0.280 e. The lowest BCUT2D eigenvalue weighted by atomic mass is 10.0. The zero-order valence-corrected chi connectivity index (χ0v) is 11.1. The van der Waals surface area contributed by atoms with E-state index in [0.29, 0.717) is 12.1 Å². The predicted molar refractivity (Wildman–Crippen MR) is 73.7 cm³/mol. The van der Waals surface area contributed by atoms with Gasteiger partial charge in [-0.25, -0.2) is 0 Å². The monoisotopic (exact) mass is 259 g/mol. The lowest BCUT2D eigenvalue weighted by Crippen LogP contribution is -2.26. The SMILES string of the molecule is CCC[C@@H]1C(=O)N(C)C(=O)/C1=N\Nc1ccccc1. The van der Waals surface area contributed by atoms with Gasteiger partial charge in [-0.15, -0.1) is 0 Å². The Hall–Kier alpha value is -2.17. The molecule has 5 nitrogen and oxygen atoms in total. The topological polar surface area (TPSA) is 61.8 Å². The van der Waals surface area contributed by atoms with Crippen LogP contribution in [0.3, 0.4) is 0 Å². The van der Waals surface area contributed by atoms with E-state index in [1.165, 1.54) is 7.05 Å². The van der Waals surface area contributed by atoms with Crippen molar-refractivity contribution in [1.29, 1.82) is 0 Å². The van der Waals surface area contributed by atoms with Crippen LogP contribution in [0.4, 0.5) is 5.69 Å². The molecule has 2 amide bonds. The predicted octanol–water partition coefficient (Wildman–Crippen LogP) is 1.87. The van der Waals surface area contributed by atoms with Crippen LogP contribution in [-0.2, 0) is 9.59 Å². The number of rotatable bonds is 4. The summed E-state index contributed by atoms with van der Waals surface area (Å²) >= 11 is 0. The van der Waals surface area contributed by atoms with Crippen LogP contribution in [-0.4, -0.2) is 29.5 Å². The van der Waals surface area contributed by atoms with Crippen LogP contribution in [0.5, 0.6) is 0 Å². The molecule has 100 valence electrons. The second kappa shape index (κ2) is 5.65. The fourth-order valence-electron chi connectivity index (χ4n) is 2.08. The molecule has 1 aliphatic rings. The van der Waals surface area contributed by atoms with Crippen LogP contribution in [0.2, 0.25) is 0 Å². The minimum atomic E-state index is -0.418. The molecule has 1 saturated heterocycles. The van der Waals surface area contributed by atoms with Gasteiger partial charge in [0, 0.05) is 7.05 Å². The Kier molecular flexibility index (Phi) is 3.94. The summed E-state index contributed by atoms with van der Waals surface area (Å²) in [6.45, 7) is 1.98. The lowest BCUT2D eigenvalue weighted by molar-refractivity contribution is -0.137. The first kappa shape index (κ1) is 13.3. The number of para-hydroxylation sites is 1. The molecular weight excluding hydrogens is 242 g/mol. The van der Waals surface area contributed by atoms with E-state index >= 15 is 0 Å². The average Bonchev–Trinajstić information content (AvgIpc) is 2.63. The Balaban J connectivity index is 2.20. The summed E-state index contributed by atoms with van der Waals surface area (Å²) in [5.74, 6) is -0.897. The third-order valence-corrected chi connectivity index (χ3v) is 3.14. The van der Waals surface area contributed by atoms with E-state index in [1.54, 1.807) is 0 Å². The van der Waals surface area contributed by atoms with E-state index in [9.17, 15) is 9.59 Å². The second-order valence-corrected chi connectivity index (χ2v) is 4.52. The van der Waals surface area contributed by atoms with Crippen molar-refractivity contribution < 1.29 is 9.59 Å². The third-order valence-electron chi connectivity index (χ3n) is 3.14. The van der Waals surface area contributed by atoms with Gasteiger partial charge in [-0.1, -0.05) is 31.5 Å². The third kappa shape index (κ3) is 2.65. The number of hydrogen-bond acceptors (Lipinski definition) is 4. The van der Waals surface area contributed by atoms with Gasteiger partial charge in [0.1, 0.15) is 5.71 Å². The van der Waals surface area contributed by atoms with Crippen molar-refractivity contribution in [2.75, 3.05) is 12.5 Å². The number of imide groups is 1. The van der Waals surface area contributed by atoms with Gasteiger partial charge in [-0.3, -0.25) is 19.9 Å². The number of carbonyl (C=O) groups is 2. The number of nitrogens with one attached hydrogen (secondary N) is 1. The van der Waals surface area contributed by atoms with E-state index < -0.39 is 5.92 Å². The van der Waals surface area contributed by atoms with Crippen molar-refractivity contribution in [3.63, 3.8) is 0 Å². The number of amides is 2. The van der Waals surface area contributed by atoms with Crippen LogP contribution in [0.25, 0.3) is 0 Å². The van der Waals surface area contributed by atoms with Gasteiger partial charge in [0.05, 0.1) is 11.6 Å². The van der Waals surface area contributed by atoms with Crippen molar-refractivity contribution in [3.05, 3.63) is 30.3 Å². The molecule has 0 unspecified atom stereocenters. The molecule has 0 aliphatic carbocycles. The van der Waals surface area contributed by atoms with Crippen molar-refractivity contribution in [2.24, 2.45) is 11.0 Å². The summed E-state index contributed by atoms with van der Waals surface area (Å²) in [6, 6.07) is 9.35. The van der Waals surface area contributed by atoms with Crippen LogP contribution in [0.1, 0.15) is 19.8 Å². The zero-order chi connectivity index (χ0) is 13.8. The van der Waals surface area contributed by atoms with E-state index in [1.807, 2.05) is 37.3 Å². The minimum absolute atomic E-state index is 0.166. The number of benzene rings is 1. The van der Waals surface area contributed by atoms with E-state index in [4.69, 9.17) is 0 Å². The standard InChI is InChI=1S/C14H17N3O2/c1-3-7-11-12(14(19)17(2)13(11)18)16-15-10-8-5-4-6-9-10/h4-6,8-9,11,15H,3,7H2,1-2H3/b16-12-/t11-/m0/s1. The van der Waals surface area contributed by atoms with E-state index in [2.05, 4.69) is 10.5 Å². The molecule has 0 radical (unpaired) electrons. The Labute approximate surface area is 112 Å². The summed E-state index contributed by atoms with van der Waals surface area (Å²) in [7, 11) is 1.50. The highest BCUT2D eigenvalue weighted by Crippen LogP contribution is 2.21. The molecule has 1 aromatic carbocycles. The summed E-state index contributed by atoms with van der Waals surface area (Å²) in [4.78, 5) is 25.0. The lowest BCUT2D eigenvalue weighted by Gasteiger charge is -2.06. The Bertz CT molecular complexity index is 511. The van der Waals surface area contributed by atoms with Gasteiger partial charge in [-0.2, -0.15) is 5.10 Å². The summed E-state index contributed by atoms with van der Waals surface area (Å²) < 4.78 is 0. The largest absolute Gasteiger partial charge is 0.280 e. The molecule has 0 saturated carbocycles.